The Morgan fingerprint density at radius 1 is 1.10 bits per heavy atom. The number of aryl methyl sites for hydroxylation is 2. The highest BCUT2D eigenvalue weighted by molar-refractivity contribution is 5.81. The lowest BCUT2D eigenvalue weighted by atomic mass is 10.1. The molecule has 1 aromatic rings. The monoisotopic (exact) mass is 289 g/mol. The van der Waals surface area contributed by atoms with Gasteiger partial charge in [-0.25, -0.2) is 0 Å². The normalized spacial score (nSPS) is 17.2. The van der Waals surface area contributed by atoms with E-state index in [9.17, 15) is 4.79 Å². The summed E-state index contributed by atoms with van der Waals surface area (Å²) in [5.74, 6) is 0.957. The van der Waals surface area contributed by atoms with Gasteiger partial charge in [0.15, 0.2) is 6.10 Å². The van der Waals surface area contributed by atoms with Crippen LogP contribution in [0.1, 0.15) is 49.3 Å². The standard InChI is InChI=1S/C18H27NO2/c1-13-11-14(2)15(3)17(12-13)21-16(4)18(20)19-9-7-5-6-8-10-19/h11-12,16H,5-10H2,1-4H3/t16-/m1/s1. The van der Waals surface area contributed by atoms with E-state index in [-0.39, 0.29) is 5.91 Å². The summed E-state index contributed by atoms with van der Waals surface area (Å²) in [7, 11) is 0. The summed E-state index contributed by atoms with van der Waals surface area (Å²) in [6, 6.07) is 4.16. The molecule has 1 saturated heterocycles. The van der Waals surface area contributed by atoms with Crippen LogP contribution in [0.15, 0.2) is 12.1 Å². The van der Waals surface area contributed by atoms with Crippen LogP contribution in [0.2, 0.25) is 0 Å². The Morgan fingerprint density at radius 2 is 1.71 bits per heavy atom. The maximum atomic E-state index is 12.5. The molecule has 0 bridgehead atoms. The zero-order valence-electron chi connectivity index (χ0n) is 13.7. The van der Waals surface area contributed by atoms with Crippen LogP contribution >= 0.6 is 0 Å². The first kappa shape index (κ1) is 15.9. The maximum Gasteiger partial charge on any atom is 0.263 e. The molecule has 1 amide bonds. The lowest BCUT2D eigenvalue weighted by molar-refractivity contribution is -0.137. The molecule has 1 aliphatic rings. The Balaban J connectivity index is 2.06. The fourth-order valence-corrected chi connectivity index (χ4v) is 2.91. The molecule has 1 atom stereocenters. The summed E-state index contributed by atoms with van der Waals surface area (Å²) in [6.45, 7) is 9.80. The minimum Gasteiger partial charge on any atom is -0.481 e. The molecule has 116 valence electrons. The second kappa shape index (κ2) is 6.97. The fourth-order valence-electron chi connectivity index (χ4n) is 2.91. The van der Waals surface area contributed by atoms with Gasteiger partial charge in [-0.1, -0.05) is 18.9 Å². The fraction of sp³-hybridized carbons (Fsp3) is 0.611. The summed E-state index contributed by atoms with van der Waals surface area (Å²) in [5.41, 5.74) is 3.50. The molecular weight excluding hydrogens is 262 g/mol. The van der Waals surface area contributed by atoms with Crippen molar-refractivity contribution < 1.29 is 9.53 Å². The van der Waals surface area contributed by atoms with Crippen molar-refractivity contribution in [2.24, 2.45) is 0 Å². The van der Waals surface area contributed by atoms with E-state index in [1.807, 2.05) is 24.8 Å². The molecule has 0 aromatic heterocycles. The lowest BCUT2D eigenvalue weighted by Gasteiger charge is -2.25. The van der Waals surface area contributed by atoms with Crippen molar-refractivity contribution in [2.75, 3.05) is 13.1 Å². The van der Waals surface area contributed by atoms with Gasteiger partial charge < -0.3 is 9.64 Å². The van der Waals surface area contributed by atoms with E-state index >= 15 is 0 Å². The minimum absolute atomic E-state index is 0.121. The third-order valence-corrected chi connectivity index (χ3v) is 4.33. The number of amides is 1. The van der Waals surface area contributed by atoms with Crippen molar-refractivity contribution in [1.29, 1.82) is 0 Å². The van der Waals surface area contributed by atoms with Gasteiger partial charge in [0.05, 0.1) is 0 Å². The largest absolute Gasteiger partial charge is 0.481 e. The van der Waals surface area contributed by atoms with E-state index in [0.717, 1.165) is 37.2 Å². The van der Waals surface area contributed by atoms with Gasteiger partial charge in [-0.3, -0.25) is 4.79 Å². The highest BCUT2D eigenvalue weighted by Gasteiger charge is 2.23. The molecular formula is C18H27NO2. The quantitative estimate of drug-likeness (QED) is 0.847. The van der Waals surface area contributed by atoms with Gasteiger partial charge >= 0.3 is 0 Å². The van der Waals surface area contributed by atoms with Crippen molar-refractivity contribution in [3.8, 4) is 5.75 Å². The summed E-state index contributed by atoms with van der Waals surface area (Å²) >= 11 is 0. The van der Waals surface area contributed by atoms with Gasteiger partial charge in [-0.05, 0) is 63.3 Å². The van der Waals surface area contributed by atoms with E-state index < -0.39 is 6.10 Å². The van der Waals surface area contributed by atoms with Crippen molar-refractivity contribution in [3.63, 3.8) is 0 Å². The van der Waals surface area contributed by atoms with Crippen LogP contribution in [-0.4, -0.2) is 30.0 Å². The van der Waals surface area contributed by atoms with Crippen LogP contribution in [0.3, 0.4) is 0 Å². The number of nitrogens with zero attached hydrogens (tertiary/aromatic N) is 1. The summed E-state index contributed by atoms with van der Waals surface area (Å²) in [4.78, 5) is 14.5. The van der Waals surface area contributed by atoms with Gasteiger partial charge in [0.2, 0.25) is 0 Å². The summed E-state index contributed by atoms with van der Waals surface area (Å²) in [5, 5.41) is 0. The van der Waals surface area contributed by atoms with E-state index in [2.05, 4.69) is 19.9 Å². The molecule has 1 aliphatic heterocycles. The number of benzene rings is 1. The number of hydrogen-bond acceptors (Lipinski definition) is 2. The average molecular weight is 289 g/mol. The number of carbonyl (C=O) groups is 1. The molecule has 0 N–H and O–H groups in total. The van der Waals surface area contributed by atoms with Crippen molar-refractivity contribution in [1.82, 2.24) is 4.90 Å². The predicted octanol–water partition coefficient (Wildman–Crippen LogP) is 3.78. The van der Waals surface area contributed by atoms with Crippen LogP contribution in [-0.2, 0) is 4.79 Å². The molecule has 0 aliphatic carbocycles. The van der Waals surface area contributed by atoms with Crippen molar-refractivity contribution >= 4 is 5.91 Å². The Bertz CT molecular complexity index is 502. The van der Waals surface area contributed by atoms with Gasteiger partial charge in [0.1, 0.15) is 5.75 Å². The van der Waals surface area contributed by atoms with Crippen molar-refractivity contribution in [3.05, 3.63) is 28.8 Å². The first-order chi connectivity index (χ1) is 9.99. The van der Waals surface area contributed by atoms with Crippen LogP contribution in [0.5, 0.6) is 5.75 Å². The maximum absolute atomic E-state index is 12.5. The van der Waals surface area contributed by atoms with Crippen LogP contribution in [0, 0.1) is 20.8 Å². The highest BCUT2D eigenvalue weighted by atomic mass is 16.5. The van der Waals surface area contributed by atoms with Crippen LogP contribution in [0.25, 0.3) is 0 Å². The molecule has 0 saturated carbocycles. The molecule has 0 unspecified atom stereocenters. The van der Waals surface area contributed by atoms with Gasteiger partial charge in [0.25, 0.3) is 5.91 Å². The van der Waals surface area contributed by atoms with Gasteiger partial charge in [-0.2, -0.15) is 0 Å². The van der Waals surface area contributed by atoms with Crippen LogP contribution in [0.4, 0.5) is 0 Å². The molecule has 1 heterocycles. The Kier molecular flexibility index (Phi) is 5.27. The zero-order chi connectivity index (χ0) is 15.4. The topological polar surface area (TPSA) is 29.5 Å². The third kappa shape index (κ3) is 3.99. The second-order valence-corrected chi connectivity index (χ2v) is 6.20. The van der Waals surface area contributed by atoms with Crippen molar-refractivity contribution in [2.45, 2.75) is 59.5 Å². The molecule has 0 radical (unpaired) electrons. The molecule has 3 heteroatoms. The number of carbonyl (C=O) groups excluding carboxylic acids is 1. The Hall–Kier alpha value is -1.51. The molecule has 1 aromatic carbocycles. The van der Waals surface area contributed by atoms with E-state index in [0.29, 0.717) is 0 Å². The number of rotatable bonds is 3. The number of ether oxygens (including phenoxy) is 1. The molecule has 3 nitrogen and oxygen atoms in total. The molecule has 2 rings (SSSR count). The minimum atomic E-state index is -0.414. The van der Waals surface area contributed by atoms with Gasteiger partial charge in [0, 0.05) is 13.1 Å². The SMILES string of the molecule is Cc1cc(C)c(C)c(O[C@H](C)C(=O)N2CCCCCC2)c1. The summed E-state index contributed by atoms with van der Waals surface area (Å²) < 4.78 is 5.97. The number of likely N-dealkylation sites (tertiary alicyclic amines) is 1. The first-order valence-electron chi connectivity index (χ1n) is 8.02. The smallest absolute Gasteiger partial charge is 0.263 e. The third-order valence-electron chi connectivity index (χ3n) is 4.33. The number of hydrogen-bond donors (Lipinski definition) is 0. The molecule has 0 spiro atoms. The van der Waals surface area contributed by atoms with E-state index in [1.165, 1.54) is 24.0 Å². The predicted molar refractivity (Wildman–Crippen MR) is 85.8 cm³/mol. The summed E-state index contributed by atoms with van der Waals surface area (Å²) in [6.07, 6.45) is 4.27. The molecule has 21 heavy (non-hydrogen) atoms. The van der Waals surface area contributed by atoms with Crippen LogP contribution < -0.4 is 4.74 Å². The first-order valence-corrected chi connectivity index (χ1v) is 8.02. The van der Waals surface area contributed by atoms with E-state index in [4.69, 9.17) is 4.74 Å². The molecule has 1 fully saturated rings. The second-order valence-electron chi connectivity index (χ2n) is 6.20. The average Bonchev–Trinajstić information content (AvgIpc) is 2.72. The van der Waals surface area contributed by atoms with Gasteiger partial charge in [-0.15, -0.1) is 0 Å². The Morgan fingerprint density at radius 3 is 2.33 bits per heavy atom. The Labute approximate surface area is 128 Å². The highest BCUT2D eigenvalue weighted by Crippen LogP contribution is 2.25. The lowest BCUT2D eigenvalue weighted by Crippen LogP contribution is -2.41. The van der Waals surface area contributed by atoms with E-state index in [1.54, 1.807) is 0 Å². The zero-order valence-corrected chi connectivity index (χ0v) is 13.7.